The molecule has 1 aliphatic rings. The maximum absolute atomic E-state index is 12.7. The first-order valence-corrected chi connectivity index (χ1v) is 9.50. The molecule has 1 aromatic rings. The molecule has 2 atom stereocenters. The average molecular weight is 348 g/mol. The highest BCUT2D eigenvalue weighted by Gasteiger charge is 2.30. The van der Waals surface area contributed by atoms with Gasteiger partial charge in [0.05, 0.1) is 12.7 Å². The molecule has 0 aromatic carbocycles. The van der Waals surface area contributed by atoms with Crippen LogP contribution in [-0.2, 0) is 9.53 Å². The first-order valence-electron chi connectivity index (χ1n) is 8.62. The van der Waals surface area contributed by atoms with Gasteiger partial charge in [-0.3, -0.25) is 4.79 Å². The van der Waals surface area contributed by atoms with Crippen LogP contribution in [0.15, 0.2) is 5.38 Å². The molecule has 5 nitrogen and oxygen atoms in total. The molecule has 1 saturated carbocycles. The minimum Gasteiger partial charge on any atom is -0.461 e. The van der Waals surface area contributed by atoms with E-state index in [0.29, 0.717) is 10.9 Å². The zero-order chi connectivity index (χ0) is 17.5. The van der Waals surface area contributed by atoms with Crippen LogP contribution in [0.4, 0.5) is 0 Å². The maximum Gasteiger partial charge on any atom is 0.357 e. The van der Waals surface area contributed by atoms with Gasteiger partial charge in [-0.15, -0.1) is 11.3 Å². The van der Waals surface area contributed by atoms with Crippen LogP contribution in [0.5, 0.6) is 0 Å². The maximum atomic E-state index is 12.7. The molecular formula is C18H24N2O3S. The van der Waals surface area contributed by atoms with Gasteiger partial charge in [-0.1, -0.05) is 39.0 Å². The standard InChI is InChI=1S/C18H24N2O3S/c1-3-23-18(22)15-11-24-17(20-15)14(10-19)16(21)12(2)9-13-7-5-4-6-8-13/h11-14H,3-9H2,1-2H3/t12-,14+/m1/s1. The number of aromatic nitrogens is 1. The van der Waals surface area contributed by atoms with Crippen molar-refractivity contribution in [3.63, 3.8) is 0 Å². The number of carbonyl (C=O) groups is 2. The Balaban J connectivity index is 2.02. The summed E-state index contributed by atoms with van der Waals surface area (Å²) in [6.07, 6.45) is 6.96. The monoisotopic (exact) mass is 348 g/mol. The largest absolute Gasteiger partial charge is 0.461 e. The molecule has 0 N–H and O–H groups in total. The van der Waals surface area contributed by atoms with Crippen LogP contribution in [0.2, 0.25) is 0 Å². The summed E-state index contributed by atoms with van der Waals surface area (Å²) >= 11 is 1.17. The van der Waals surface area contributed by atoms with Gasteiger partial charge in [-0.2, -0.15) is 5.26 Å². The summed E-state index contributed by atoms with van der Waals surface area (Å²) in [5.41, 5.74) is 0.171. The summed E-state index contributed by atoms with van der Waals surface area (Å²) in [5.74, 6) is -1.07. The zero-order valence-corrected chi connectivity index (χ0v) is 15.1. The van der Waals surface area contributed by atoms with E-state index in [1.54, 1.807) is 12.3 Å². The van der Waals surface area contributed by atoms with Gasteiger partial charge in [0.15, 0.2) is 17.4 Å². The second-order valence-electron chi connectivity index (χ2n) is 6.40. The van der Waals surface area contributed by atoms with Crippen molar-refractivity contribution in [3.8, 4) is 6.07 Å². The van der Waals surface area contributed by atoms with E-state index in [9.17, 15) is 14.9 Å². The van der Waals surface area contributed by atoms with E-state index in [2.05, 4.69) is 11.1 Å². The second kappa shape index (κ2) is 8.93. The summed E-state index contributed by atoms with van der Waals surface area (Å²) in [7, 11) is 0. The van der Waals surface area contributed by atoms with Crippen LogP contribution in [0.25, 0.3) is 0 Å². The van der Waals surface area contributed by atoms with E-state index in [1.165, 1.54) is 43.4 Å². The molecule has 0 radical (unpaired) electrons. The molecule has 0 saturated heterocycles. The van der Waals surface area contributed by atoms with Gasteiger partial charge in [0.1, 0.15) is 5.01 Å². The van der Waals surface area contributed by atoms with E-state index in [0.717, 1.165) is 6.42 Å². The smallest absolute Gasteiger partial charge is 0.357 e. The van der Waals surface area contributed by atoms with Gasteiger partial charge in [0, 0.05) is 11.3 Å². The molecular weight excluding hydrogens is 324 g/mol. The molecule has 1 aromatic heterocycles. The molecule has 1 heterocycles. The van der Waals surface area contributed by atoms with Crippen molar-refractivity contribution < 1.29 is 14.3 Å². The lowest BCUT2D eigenvalue weighted by molar-refractivity contribution is -0.123. The number of hydrogen-bond acceptors (Lipinski definition) is 6. The summed E-state index contributed by atoms with van der Waals surface area (Å²) in [4.78, 5) is 28.5. The molecule has 24 heavy (non-hydrogen) atoms. The van der Waals surface area contributed by atoms with Gasteiger partial charge in [-0.05, 0) is 19.3 Å². The Labute approximate surface area is 147 Å². The molecule has 2 rings (SSSR count). The number of Topliss-reactive ketones (excluding diaryl/α,β-unsaturated/α-hetero) is 1. The number of esters is 1. The van der Waals surface area contributed by atoms with Crippen molar-refractivity contribution in [2.45, 2.75) is 58.3 Å². The normalized spacial score (nSPS) is 17.7. The fourth-order valence-electron chi connectivity index (χ4n) is 3.28. The van der Waals surface area contributed by atoms with Crippen molar-refractivity contribution in [2.24, 2.45) is 11.8 Å². The van der Waals surface area contributed by atoms with E-state index in [4.69, 9.17) is 4.74 Å². The van der Waals surface area contributed by atoms with Crippen LogP contribution < -0.4 is 0 Å². The van der Waals surface area contributed by atoms with Crippen LogP contribution in [0, 0.1) is 23.2 Å². The molecule has 1 aliphatic carbocycles. The van der Waals surface area contributed by atoms with Crippen molar-refractivity contribution in [1.82, 2.24) is 4.98 Å². The lowest BCUT2D eigenvalue weighted by Gasteiger charge is -2.24. The average Bonchev–Trinajstić information content (AvgIpc) is 3.06. The number of thiazole rings is 1. The number of nitrogens with zero attached hydrogens (tertiary/aromatic N) is 2. The summed E-state index contributed by atoms with van der Waals surface area (Å²) in [6, 6.07) is 2.07. The molecule has 130 valence electrons. The number of hydrogen-bond donors (Lipinski definition) is 0. The third kappa shape index (κ3) is 4.64. The Morgan fingerprint density at radius 2 is 2.12 bits per heavy atom. The SMILES string of the molecule is CCOC(=O)c1csc([C@@H](C#N)C(=O)[C@H](C)CC2CCCCC2)n1. The predicted molar refractivity (Wildman–Crippen MR) is 91.8 cm³/mol. The number of rotatable bonds is 7. The van der Waals surface area contributed by atoms with Crippen molar-refractivity contribution in [3.05, 3.63) is 16.1 Å². The Hall–Kier alpha value is -1.74. The third-order valence-electron chi connectivity index (χ3n) is 4.56. The van der Waals surface area contributed by atoms with Crippen LogP contribution in [0.3, 0.4) is 0 Å². The minimum atomic E-state index is -0.892. The summed E-state index contributed by atoms with van der Waals surface area (Å²) in [5, 5.41) is 11.4. The lowest BCUT2D eigenvalue weighted by atomic mass is 9.80. The highest BCUT2D eigenvalue weighted by atomic mass is 32.1. The molecule has 0 bridgehead atoms. The molecule has 0 amide bonds. The first-order chi connectivity index (χ1) is 11.6. The van der Waals surface area contributed by atoms with E-state index in [-0.39, 0.29) is 24.0 Å². The highest BCUT2D eigenvalue weighted by Crippen LogP contribution is 2.32. The second-order valence-corrected chi connectivity index (χ2v) is 7.29. The Morgan fingerprint density at radius 3 is 2.75 bits per heavy atom. The van der Waals surface area contributed by atoms with E-state index >= 15 is 0 Å². The van der Waals surface area contributed by atoms with Crippen molar-refractivity contribution in [1.29, 1.82) is 5.26 Å². The Kier molecular flexibility index (Phi) is 6.92. The lowest BCUT2D eigenvalue weighted by Crippen LogP contribution is -2.22. The quantitative estimate of drug-likeness (QED) is 0.693. The molecule has 0 unspecified atom stereocenters. The van der Waals surface area contributed by atoms with E-state index in [1.807, 2.05) is 6.92 Å². The molecule has 1 fully saturated rings. The van der Waals surface area contributed by atoms with Gasteiger partial charge >= 0.3 is 5.97 Å². The van der Waals surface area contributed by atoms with Crippen LogP contribution in [-0.4, -0.2) is 23.3 Å². The van der Waals surface area contributed by atoms with Crippen molar-refractivity contribution in [2.75, 3.05) is 6.61 Å². The number of ether oxygens (including phenoxy) is 1. The topological polar surface area (TPSA) is 80.0 Å². The Bertz CT molecular complexity index is 614. The van der Waals surface area contributed by atoms with Gasteiger partial charge in [-0.25, -0.2) is 9.78 Å². The zero-order valence-electron chi connectivity index (χ0n) is 14.3. The van der Waals surface area contributed by atoms with Crippen LogP contribution in [0.1, 0.15) is 73.8 Å². The summed E-state index contributed by atoms with van der Waals surface area (Å²) in [6.45, 7) is 3.89. The van der Waals surface area contributed by atoms with Crippen molar-refractivity contribution >= 4 is 23.1 Å². The number of nitriles is 1. The molecule has 6 heteroatoms. The van der Waals surface area contributed by atoms with Gasteiger partial charge in [0.25, 0.3) is 0 Å². The molecule has 0 spiro atoms. The Morgan fingerprint density at radius 1 is 1.42 bits per heavy atom. The van der Waals surface area contributed by atoms with E-state index < -0.39 is 11.9 Å². The number of ketones is 1. The van der Waals surface area contributed by atoms with Gasteiger partial charge < -0.3 is 4.74 Å². The fourth-order valence-corrected chi connectivity index (χ4v) is 4.12. The third-order valence-corrected chi connectivity index (χ3v) is 5.47. The first kappa shape index (κ1) is 18.6. The predicted octanol–water partition coefficient (Wildman–Crippen LogP) is 4.10. The summed E-state index contributed by atoms with van der Waals surface area (Å²) < 4.78 is 4.90. The fraction of sp³-hybridized carbons (Fsp3) is 0.667. The molecule has 0 aliphatic heterocycles. The van der Waals surface area contributed by atoms with Gasteiger partial charge in [0.2, 0.25) is 0 Å². The highest BCUT2D eigenvalue weighted by molar-refractivity contribution is 7.10. The van der Waals surface area contributed by atoms with Crippen LogP contribution >= 0.6 is 11.3 Å². The number of carbonyl (C=O) groups excluding carboxylic acids is 2. The minimum absolute atomic E-state index is 0.0900.